The van der Waals surface area contributed by atoms with Crippen molar-refractivity contribution in [2.45, 2.75) is 45.6 Å². The van der Waals surface area contributed by atoms with Gasteiger partial charge in [0.25, 0.3) is 0 Å². The molecule has 0 fully saturated rings. The summed E-state index contributed by atoms with van der Waals surface area (Å²) >= 11 is 0. The highest BCUT2D eigenvalue weighted by Crippen LogP contribution is 2.12. The van der Waals surface area contributed by atoms with Crippen LogP contribution in [0.3, 0.4) is 0 Å². The maximum absolute atomic E-state index is 11.9. The Balaban J connectivity index is 2.32. The van der Waals surface area contributed by atoms with E-state index in [0.29, 0.717) is 6.42 Å². The SMILES string of the molecule is CC(N)CCCC(C)C(=O)Cc1cn(C)nn1. The molecule has 17 heavy (non-hydrogen) atoms. The molecule has 2 unspecified atom stereocenters. The molecule has 5 nitrogen and oxygen atoms in total. The van der Waals surface area contributed by atoms with Crippen LogP contribution in [0.1, 0.15) is 38.8 Å². The summed E-state index contributed by atoms with van der Waals surface area (Å²) in [5, 5.41) is 7.73. The summed E-state index contributed by atoms with van der Waals surface area (Å²) in [6.45, 7) is 3.96. The summed E-state index contributed by atoms with van der Waals surface area (Å²) in [6, 6.07) is 0.220. The zero-order chi connectivity index (χ0) is 12.8. The molecule has 0 amide bonds. The van der Waals surface area contributed by atoms with E-state index in [1.165, 1.54) is 0 Å². The van der Waals surface area contributed by atoms with Crippen LogP contribution < -0.4 is 5.73 Å². The Bertz CT molecular complexity index is 359. The standard InChI is InChI=1S/C12H22N4O/c1-9(5-4-6-10(2)13)12(17)7-11-8-16(3)15-14-11/h8-10H,4-7,13H2,1-3H3. The van der Waals surface area contributed by atoms with E-state index in [0.717, 1.165) is 25.0 Å². The maximum atomic E-state index is 11.9. The molecule has 96 valence electrons. The Hall–Kier alpha value is -1.23. The van der Waals surface area contributed by atoms with Crippen molar-refractivity contribution in [2.24, 2.45) is 18.7 Å². The van der Waals surface area contributed by atoms with E-state index in [9.17, 15) is 4.79 Å². The van der Waals surface area contributed by atoms with Crippen molar-refractivity contribution in [1.82, 2.24) is 15.0 Å². The first-order valence-corrected chi connectivity index (χ1v) is 6.12. The Morgan fingerprint density at radius 1 is 1.47 bits per heavy atom. The third-order valence-electron chi connectivity index (χ3n) is 2.85. The normalized spacial score (nSPS) is 14.6. The van der Waals surface area contributed by atoms with E-state index >= 15 is 0 Å². The molecule has 0 aliphatic rings. The van der Waals surface area contributed by atoms with Gasteiger partial charge >= 0.3 is 0 Å². The van der Waals surface area contributed by atoms with Gasteiger partial charge in [-0.05, 0) is 19.8 Å². The predicted molar refractivity (Wildman–Crippen MR) is 66.4 cm³/mol. The minimum Gasteiger partial charge on any atom is -0.328 e. The monoisotopic (exact) mass is 238 g/mol. The van der Waals surface area contributed by atoms with Crippen LogP contribution in [0.15, 0.2) is 6.20 Å². The van der Waals surface area contributed by atoms with Gasteiger partial charge in [0, 0.05) is 25.2 Å². The molecule has 0 bridgehead atoms. The van der Waals surface area contributed by atoms with Gasteiger partial charge < -0.3 is 5.73 Å². The summed E-state index contributed by atoms with van der Waals surface area (Å²) in [5.41, 5.74) is 6.42. The number of Topliss-reactive ketones (excluding diaryl/α,β-unsaturated/α-hetero) is 1. The molecule has 0 radical (unpaired) electrons. The molecule has 0 saturated carbocycles. The molecule has 0 aliphatic heterocycles. The highest BCUT2D eigenvalue weighted by atomic mass is 16.1. The number of nitrogens with zero attached hydrogens (tertiary/aromatic N) is 3. The van der Waals surface area contributed by atoms with E-state index in [1.807, 2.05) is 13.8 Å². The zero-order valence-corrected chi connectivity index (χ0v) is 10.9. The van der Waals surface area contributed by atoms with Crippen LogP contribution in [0, 0.1) is 5.92 Å². The summed E-state index contributed by atoms with van der Waals surface area (Å²) in [4.78, 5) is 11.9. The van der Waals surface area contributed by atoms with Gasteiger partial charge in [0.1, 0.15) is 5.78 Å². The molecule has 2 N–H and O–H groups in total. The average molecular weight is 238 g/mol. The lowest BCUT2D eigenvalue weighted by Gasteiger charge is -2.10. The highest BCUT2D eigenvalue weighted by molar-refractivity contribution is 5.82. The van der Waals surface area contributed by atoms with Gasteiger partial charge in [-0.2, -0.15) is 0 Å². The summed E-state index contributed by atoms with van der Waals surface area (Å²) in [6.07, 6.45) is 5.05. The Kier molecular flexibility index (Phi) is 5.28. The van der Waals surface area contributed by atoms with Crippen LogP contribution in [0.25, 0.3) is 0 Å². The minimum atomic E-state index is 0.0794. The molecule has 0 spiro atoms. The lowest BCUT2D eigenvalue weighted by atomic mass is 9.95. The van der Waals surface area contributed by atoms with Crippen LogP contribution in [-0.4, -0.2) is 26.8 Å². The quantitative estimate of drug-likeness (QED) is 0.771. The molecular formula is C12H22N4O. The van der Waals surface area contributed by atoms with Gasteiger partial charge in [0.2, 0.25) is 0 Å². The smallest absolute Gasteiger partial charge is 0.141 e. The van der Waals surface area contributed by atoms with Gasteiger partial charge in [0.15, 0.2) is 0 Å². The van der Waals surface area contributed by atoms with Crippen LogP contribution in [0.2, 0.25) is 0 Å². The molecule has 5 heteroatoms. The number of hydrogen-bond acceptors (Lipinski definition) is 4. The number of aryl methyl sites for hydroxylation is 1. The molecule has 2 atom stereocenters. The summed E-state index contributed by atoms with van der Waals surface area (Å²) < 4.78 is 1.61. The van der Waals surface area contributed by atoms with E-state index in [4.69, 9.17) is 5.73 Å². The fraction of sp³-hybridized carbons (Fsp3) is 0.750. The Morgan fingerprint density at radius 2 is 2.18 bits per heavy atom. The number of ketones is 1. The van der Waals surface area contributed by atoms with Crippen molar-refractivity contribution in [2.75, 3.05) is 0 Å². The van der Waals surface area contributed by atoms with E-state index in [1.54, 1.807) is 17.9 Å². The van der Waals surface area contributed by atoms with Gasteiger partial charge in [0.05, 0.1) is 12.1 Å². The molecule has 0 saturated heterocycles. The van der Waals surface area contributed by atoms with E-state index in [2.05, 4.69) is 10.3 Å². The van der Waals surface area contributed by atoms with Crippen LogP contribution in [0.4, 0.5) is 0 Å². The van der Waals surface area contributed by atoms with Crippen molar-refractivity contribution < 1.29 is 4.79 Å². The van der Waals surface area contributed by atoms with Crippen molar-refractivity contribution in [1.29, 1.82) is 0 Å². The van der Waals surface area contributed by atoms with Crippen LogP contribution in [-0.2, 0) is 18.3 Å². The number of carbonyl (C=O) groups excluding carboxylic acids is 1. The van der Waals surface area contributed by atoms with Crippen LogP contribution in [0.5, 0.6) is 0 Å². The second kappa shape index (κ2) is 6.49. The van der Waals surface area contributed by atoms with Crippen molar-refractivity contribution in [3.63, 3.8) is 0 Å². The first-order chi connectivity index (χ1) is 7.99. The largest absolute Gasteiger partial charge is 0.328 e. The second-order valence-corrected chi connectivity index (χ2v) is 4.84. The first-order valence-electron chi connectivity index (χ1n) is 6.12. The lowest BCUT2D eigenvalue weighted by molar-refractivity contribution is -0.122. The molecular weight excluding hydrogens is 216 g/mol. The lowest BCUT2D eigenvalue weighted by Crippen LogP contribution is -2.17. The number of aromatic nitrogens is 3. The van der Waals surface area contributed by atoms with Crippen LogP contribution >= 0.6 is 0 Å². The Morgan fingerprint density at radius 3 is 2.71 bits per heavy atom. The van der Waals surface area contributed by atoms with Gasteiger partial charge in [-0.3, -0.25) is 9.48 Å². The molecule has 1 rings (SSSR count). The number of carbonyl (C=O) groups is 1. The fourth-order valence-electron chi connectivity index (χ4n) is 1.74. The maximum Gasteiger partial charge on any atom is 0.141 e. The summed E-state index contributed by atoms with van der Waals surface area (Å²) in [7, 11) is 1.80. The summed E-state index contributed by atoms with van der Waals surface area (Å²) in [5.74, 6) is 0.311. The first kappa shape index (κ1) is 13.8. The number of rotatable bonds is 7. The predicted octanol–water partition coefficient (Wildman–Crippen LogP) is 1.08. The number of nitrogens with two attached hydrogens (primary N) is 1. The zero-order valence-electron chi connectivity index (χ0n) is 10.9. The van der Waals surface area contributed by atoms with Crippen molar-refractivity contribution in [3.8, 4) is 0 Å². The van der Waals surface area contributed by atoms with Gasteiger partial charge in [-0.25, -0.2) is 0 Å². The average Bonchev–Trinajstić information content (AvgIpc) is 2.63. The third-order valence-corrected chi connectivity index (χ3v) is 2.85. The van der Waals surface area contributed by atoms with Crippen molar-refractivity contribution in [3.05, 3.63) is 11.9 Å². The molecule has 1 heterocycles. The molecule has 1 aromatic heterocycles. The molecule has 0 aromatic carbocycles. The number of hydrogen-bond donors (Lipinski definition) is 1. The van der Waals surface area contributed by atoms with Gasteiger partial charge in [-0.1, -0.05) is 18.6 Å². The van der Waals surface area contributed by atoms with E-state index < -0.39 is 0 Å². The van der Waals surface area contributed by atoms with Gasteiger partial charge in [-0.15, -0.1) is 5.10 Å². The topological polar surface area (TPSA) is 73.8 Å². The fourth-order valence-corrected chi connectivity index (χ4v) is 1.74. The second-order valence-electron chi connectivity index (χ2n) is 4.84. The minimum absolute atomic E-state index is 0.0794. The molecule has 0 aliphatic carbocycles. The Labute approximate surface area is 102 Å². The van der Waals surface area contributed by atoms with E-state index in [-0.39, 0.29) is 17.7 Å². The molecule has 1 aromatic rings. The third kappa shape index (κ3) is 5.08. The van der Waals surface area contributed by atoms with Crippen molar-refractivity contribution >= 4 is 5.78 Å². The highest BCUT2D eigenvalue weighted by Gasteiger charge is 2.14.